The van der Waals surface area contributed by atoms with Crippen molar-refractivity contribution in [1.29, 1.82) is 0 Å². The zero-order valence-electron chi connectivity index (χ0n) is 14.0. The molecule has 1 atom stereocenters. The second-order valence-electron chi connectivity index (χ2n) is 5.94. The van der Waals surface area contributed by atoms with Gasteiger partial charge in [-0.2, -0.15) is 5.10 Å². The van der Waals surface area contributed by atoms with E-state index >= 15 is 0 Å². The monoisotopic (exact) mass is 317 g/mol. The number of nitrogens with one attached hydrogen (secondary N) is 1. The van der Waals surface area contributed by atoms with Gasteiger partial charge in [0.15, 0.2) is 0 Å². The summed E-state index contributed by atoms with van der Waals surface area (Å²) in [5.41, 5.74) is 2.16. The third-order valence-corrected chi connectivity index (χ3v) is 3.89. The molecule has 0 bridgehead atoms. The van der Waals surface area contributed by atoms with Crippen LogP contribution in [0.5, 0.6) is 0 Å². The summed E-state index contributed by atoms with van der Waals surface area (Å²) < 4.78 is 6.53. The molecule has 1 amide bonds. The van der Waals surface area contributed by atoms with E-state index in [0.717, 1.165) is 16.5 Å². The van der Waals surface area contributed by atoms with E-state index < -0.39 is 12.0 Å². The second-order valence-corrected chi connectivity index (χ2v) is 5.94. The molecule has 124 valence electrons. The molecule has 0 saturated heterocycles. The summed E-state index contributed by atoms with van der Waals surface area (Å²) in [7, 11) is 1.32. The van der Waals surface area contributed by atoms with Crippen LogP contribution in [-0.2, 0) is 20.9 Å². The molecule has 0 radical (unpaired) electrons. The summed E-state index contributed by atoms with van der Waals surface area (Å²) in [6.07, 6.45) is 2.07. The maximum atomic E-state index is 12.1. The molecule has 0 fully saturated rings. The van der Waals surface area contributed by atoms with Gasteiger partial charge in [-0.25, -0.2) is 4.79 Å². The number of nitrogens with zero attached hydrogens (tertiary/aromatic N) is 2. The lowest BCUT2D eigenvalue weighted by Gasteiger charge is -2.19. The van der Waals surface area contributed by atoms with Gasteiger partial charge in [0.1, 0.15) is 6.04 Å². The zero-order valence-corrected chi connectivity index (χ0v) is 14.0. The Bertz CT molecular complexity index is 706. The van der Waals surface area contributed by atoms with Crippen molar-refractivity contribution in [3.05, 3.63) is 30.0 Å². The number of benzene rings is 1. The number of aryl methyl sites for hydroxylation is 2. The lowest BCUT2D eigenvalue weighted by molar-refractivity contribution is -0.146. The Morgan fingerprint density at radius 1 is 1.35 bits per heavy atom. The van der Waals surface area contributed by atoms with Crippen molar-refractivity contribution >= 4 is 22.8 Å². The van der Waals surface area contributed by atoms with Crippen LogP contribution < -0.4 is 5.32 Å². The van der Waals surface area contributed by atoms with E-state index in [4.69, 9.17) is 4.74 Å². The predicted octanol–water partition coefficient (Wildman–Crippen LogP) is 2.05. The van der Waals surface area contributed by atoms with Crippen LogP contribution in [0.25, 0.3) is 10.9 Å². The van der Waals surface area contributed by atoms with Gasteiger partial charge in [-0.05, 0) is 24.5 Å². The quantitative estimate of drug-likeness (QED) is 0.828. The van der Waals surface area contributed by atoms with Crippen LogP contribution in [0.15, 0.2) is 24.4 Å². The maximum Gasteiger partial charge on any atom is 0.328 e. The highest BCUT2D eigenvalue weighted by Crippen LogP contribution is 2.17. The molecule has 2 aromatic rings. The number of carbonyl (C=O) groups excluding carboxylic acids is 2. The van der Waals surface area contributed by atoms with Crippen molar-refractivity contribution in [2.24, 2.45) is 5.92 Å². The van der Waals surface area contributed by atoms with E-state index in [0.29, 0.717) is 6.54 Å². The highest BCUT2D eigenvalue weighted by molar-refractivity contribution is 5.85. The summed E-state index contributed by atoms with van der Waals surface area (Å²) in [6.45, 7) is 6.23. The Labute approximate surface area is 135 Å². The second kappa shape index (κ2) is 7.26. The fourth-order valence-electron chi connectivity index (χ4n) is 2.50. The molecule has 0 spiro atoms. The smallest absolute Gasteiger partial charge is 0.328 e. The van der Waals surface area contributed by atoms with Gasteiger partial charge in [-0.1, -0.05) is 26.0 Å². The number of esters is 1. The molecule has 1 unspecified atom stereocenters. The number of methoxy groups -OCH3 is 1. The molecule has 0 aliphatic carbocycles. The number of ether oxygens (including phenoxy) is 1. The molecule has 0 saturated carbocycles. The Hall–Kier alpha value is -2.37. The van der Waals surface area contributed by atoms with Crippen LogP contribution >= 0.6 is 0 Å². The molecule has 1 N–H and O–H groups in total. The first-order chi connectivity index (χ1) is 10.9. The molecule has 1 aromatic heterocycles. The highest BCUT2D eigenvalue weighted by atomic mass is 16.5. The van der Waals surface area contributed by atoms with Crippen molar-refractivity contribution in [2.45, 2.75) is 39.8 Å². The average molecular weight is 317 g/mol. The van der Waals surface area contributed by atoms with E-state index in [2.05, 4.69) is 10.4 Å². The largest absolute Gasteiger partial charge is 0.467 e. The summed E-state index contributed by atoms with van der Waals surface area (Å²) >= 11 is 0. The van der Waals surface area contributed by atoms with Gasteiger partial charge in [0, 0.05) is 11.8 Å². The normalized spacial score (nSPS) is 12.4. The van der Waals surface area contributed by atoms with Gasteiger partial charge in [0.25, 0.3) is 0 Å². The lowest BCUT2D eigenvalue weighted by Crippen LogP contribution is -2.45. The lowest BCUT2D eigenvalue weighted by atomic mass is 10.0. The summed E-state index contributed by atoms with van der Waals surface area (Å²) in [6, 6.07) is 5.37. The molecule has 0 aliphatic rings. The molecule has 6 heteroatoms. The average Bonchev–Trinajstić information content (AvgIpc) is 2.94. The number of aromatic nitrogens is 2. The van der Waals surface area contributed by atoms with Crippen molar-refractivity contribution in [3.8, 4) is 0 Å². The number of hydrogen-bond donors (Lipinski definition) is 1. The Morgan fingerprint density at radius 2 is 2.09 bits per heavy atom. The topological polar surface area (TPSA) is 73.2 Å². The van der Waals surface area contributed by atoms with Gasteiger partial charge < -0.3 is 10.1 Å². The van der Waals surface area contributed by atoms with Crippen LogP contribution in [-0.4, -0.2) is 34.8 Å². The van der Waals surface area contributed by atoms with E-state index in [1.165, 1.54) is 7.11 Å². The molecular weight excluding hydrogens is 294 g/mol. The Morgan fingerprint density at radius 3 is 2.74 bits per heavy atom. The third-order valence-electron chi connectivity index (χ3n) is 3.89. The predicted molar refractivity (Wildman–Crippen MR) is 87.9 cm³/mol. The van der Waals surface area contributed by atoms with Crippen molar-refractivity contribution in [3.63, 3.8) is 0 Å². The van der Waals surface area contributed by atoms with Crippen molar-refractivity contribution in [2.75, 3.05) is 7.11 Å². The van der Waals surface area contributed by atoms with Crippen LogP contribution in [0.2, 0.25) is 0 Å². The summed E-state index contributed by atoms with van der Waals surface area (Å²) in [5.74, 6) is -0.640. The van der Waals surface area contributed by atoms with Crippen molar-refractivity contribution < 1.29 is 14.3 Å². The van der Waals surface area contributed by atoms with Gasteiger partial charge in [-0.3, -0.25) is 9.48 Å². The maximum absolute atomic E-state index is 12.1. The van der Waals surface area contributed by atoms with E-state index in [1.807, 2.05) is 49.8 Å². The van der Waals surface area contributed by atoms with Gasteiger partial charge >= 0.3 is 5.97 Å². The van der Waals surface area contributed by atoms with E-state index in [9.17, 15) is 9.59 Å². The van der Waals surface area contributed by atoms with Crippen LogP contribution in [0.1, 0.15) is 25.8 Å². The first-order valence-corrected chi connectivity index (χ1v) is 7.72. The summed E-state index contributed by atoms with van der Waals surface area (Å²) in [4.78, 5) is 23.8. The van der Waals surface area contributed by atoms with Gasteiger partial charge in [0.05, 0.1) is 25.4 Å². The minimum Gasteiger partial charge on any atom is -0.467 e. The third kappa shape index (κ3) is 3.88. The molecule has 1 heterocycles. The molecular formula is C17H23N3O3. The first kappa shape index (κ1) is 17.0. The number of rotatable bonds is 6. The SMILES string of the molecule is COC(=O)C(NC(=O)CCn1ncc2c(C)cccc21)C(C)C. The fraction of sp³-hybridized carbons (Fsp3) is 0.471. The van der Waals surface area contributed by atoms with Crippen LogP contribution in [0.4, 0.5) is 0 Å². The highest BCUT2D eigenvalue weighted by Gasteiger charge is 2.24. The Kier molecular flexibility index (Phi) is 5.36. The molecule has 1 aromatic carbocycles. The number of carbonyl (C=O) groups is 2. The van der Waals surface area contributed by atoms with Crippen LogP contribution in [0.3, 0.4) is 0 Å². The minimum atomic E-state index is -0.621. The fourth-order valence-corrected chi connectivity index (χ4v) is 2.50. The molecule has 0 aliphatic heterocycles. The van der Waals surface area contributed by atoms with E-state index in [-0.39, 0.29) is 18.2 Å². The van der Waals surface area contributed by atoms with Crippen LogP contribution in [0, 0.1) is 12.8 Å². The van der Waals surface area contributed by atoms with E-state index in [1.54, 1.807) is 0 Å². The first-order valence-electron chi connectivity index (χ1n) is 7.72. The number of hydrogen-bond acceptors (Lipinski definition) is 4. The Balaban J connectivity index is 2.00. The van der Waals surface area contributed by atoms with Gasteiger partial charge in [0.2, 0.25) is 5.91 Å². The standard InChI is InChI=1S/C17H23N3O3/c1-11(2)16(17(22)23-4)19-15(21)8-9-20-14-7-5-6-12(3)13(14)10-18-20/h5-7,10-11,16H,8-9H2,1-4H3,(H,19,21). The zero-order chi connectivity index (χ0) is 17.0. The molecule has 23 heavy (non-hydrogen) atoms. The molecule has 2 rings (SSSR count). The number of fused-ring (bicyclic) bond motifs is 1. The van der Waals surface area contributed by atoms with Crippen molar-refractivity contribution in [1.82, 2.24) is 15.1 Å². The molecule has 6 nitrogen and oxygen atoms in total. The minimum absolute atomic E-state index is 0.0282. The van der Waals surface area contributed by atoms with Gasteiger partial charge in [-0.15, -0.1) is 0 Å². The number of amides is 1. The summed E-state index contributed by atoms with van der Waals surface area (Å²) in [5, 5.41) is 8.16.